The molecule has 0 atom stereocenters. The zero-order valence-electron chi connectivity index (χ0n) is 11.4. The molecule has 104 valence electrons. The molecule has 0 aromatic rings. The van der Waals surface area contributed by atoms with Crippen molar-refractivity contribution < 1.29 is 19.1 Å². The number of unbranched alkanes of at least 4 members (excludes halogenated alkanes) is 2. The minimum atomic E-state index is -0.131. The van der Waals surface area contributed by atoms with Crippen molar-refractivity contribution in [1.82, 2.24) is 0 Å². The van der Waals surface area contributed by atoms with Crippen LogP contribution in [-0.2, 0) is 19.1 Å². The summed E-state index contributed by atoms with van der Waals surface area (Å²) in [5, 5.41) is 0. The highest BCUT2D eigenvalue weighted by Crippen LogP contribution is 2.02. The Balaban J connectivity index is 3.33. The molecule has 4 heteroatoms. The second-order valence-electron chi connectivity index (χ2n) is 3.87. The quantitative estimate of drug-likeness (QED) is 0.342. The third-order valence-corrected chi connectivity index (χ3v) is 2.28. The van der Waals surface area contributed by atoms with Gasteiger partial charge in [-0.25, -0.2) is 0 Å². The molecule has 0 heterocycles. The van der Waals surface area contributed by atoms with Crippen molar-refractivity contribution in [3.8, 4) is 0 Å². The van der Waals surface area contributed by atoms with Gasteiger partial charge >= 0.3 is 11.9 Å². The normalized spacial score (nSPS) is 10.6. The smallest absolute Gasteiger partial charge is 0.305 e. The highest BCUT2D eigenvalue weighted by Gasteiger charge is 2.00. The number of carbonyl (C=O) groups excluding carboxylic acids is 2. The minimum Gasteiger partial charge on any atom is -0.466 e. The van der Waals surface area contributed by atoms with Crippen molar-refractivity contribution in [3.05, 3.63) is 12.2 Å². The number of allylic oxidation sites excluding steroid dienone is 2. The van der Waals surface area contributed by atoms with Crippen molar-refractivity contribution in [2.75, 3.05) is 13.2 Å². The van der Waals surface area contributed by atoms with E-state index in [2.05, 4.69) is 0 Å². The lowest BCUT2D eigenvalue weighted by atomic mass is 10.2. The van der Waals surface area contributed by atoms with Crippen molar-refractivity contribution in [1.29, 1.82) is 0 Å². The molecule has 0 unspecified atom stereocenters. The maximum absolute atomic E-state index is 11.0. The monoisotopic (exact) mass is 256 g/mol. The summed E-state index contributed by atoms with van der Waals surface area (Å²) < 4.78 is 9.64. The van der Waals surface area contributed by atoms with Crippen molar-refractivity contribution >= 4 is 11.9 Å². The van der Waals surface area contributed by atoms with Crippen LogP contribution in [0.3, 0.4) is 0 Å². The molecule has 0 amide bonds. The Labute approximate surface area is 109 Å². The van der Waals surface area contributed by atoms with Crippen molar-refractivity contribution in [2.45, 2.75) is 52.4 Å². The molecule has 0 aromatic heterocycles. The molecule has 0 fully saturated rings. The van der Waals surface area contributed by atoms with Gasteiger partial charge in [0.25, 0.3) is 0 Å². The van der Waals surface area contributed by atoms with Crippen LogP contribution in [0.2, 0.25) is 0 Å². The summed E-state index contributed by atoms with van der Waals surface area (Å²) in [6, 6.07) is 0. The molecule has 0 aliphatic heterocycles. The fourth-order valence-electron chi connectivity index (χ4n) is 1.43. The van der Waals surface area contributed by atoms with Gasteiger partial charge in [0.15, 0.2) is 0 Å². The molecular weight excluding hydrogens is 232 g/mol. The molecule has 0 aliphatic rings. The van der Waals surface area contributed by atoms with E-state index in [-0.39, 0.29) is 11.9 Å². The SMILES string of the molecule is CCOC(=O)CCCC=CCCCC(=O)OCC. The van der Waals surface area contributed by atoms with Crippen LogP contribution in [0.1, 0.15) is 52.4 Å². The Morgan fingerprint density at radius 3 is 1.56 bits per heavy atom. The van der Waals surface area contributed by atoms with E-state index in [0.717, 1.165) is 25.7 Å². The van der Waals surface area contributed by atoms with Gasteiger partial charge in [-0.3, -0.25) is 9.59 Å². The molecule has 0 saturated carbocycles. The largest absolute Gasteiger partial charge is 0.466 e. The topological polar surface area (TPSA) is 52.6 Å². The average Bonchev–Trinajstić information content (AvgIpc) is 2.33. The first-order chi connectivity index (χ1) is 8.70. The number of esters is 2. The van der Waals surface area contributed by atoms with Crippen LogP contribution in [0.25, 0.3) is 0 Å². The molecule has 0 aliphatic carbocycles. The highest BCUT2D eigenvalue weighted by atomic mass is 16.5. The third-order valence-electron chi connectivity index (χ3n) is 2.28. The van der Waals surface area contributed by atoms with E-state index < -0.39 is 0 Å². The van der Waals surface area contributed by atoms with Gasteiger partial charge < -0.3 is 9.47 Å². The standard InChI is InChI=1S/C14H24O4/c1-3-17-13(15)11-9-7-5-6-8-10-12-14(16)18-4-2/h5-6H,3-4,7-12H2,1-2H3. The zero-order valence-corrected chi connectivity index (χ0v) is 11.4. The lowest BCUT2D eigenvalue weighted by Crippen LogP contribution is -2.03. The summed E-state index contributed by atoms with van der Waals surface area (Å²) >= 11 is 0. The second kappa shape index (κ2) is 12.1. The van der Waals surface area contributed by atoms with Crippen LogP contribution in [0, 0.1) is 0 Å². The van der Waals surface area contributed by atoms with E-state index in [1.807, 2.05) is 12.2 Å². The lowest BCUT2D eigenvalue weighted by molar-refractivity contribution is -0.144. The van der Waals surface area contributed by atoms with Crippen LogP contribution in [0.15, 0.2) is 12.2 Å². The van der Waals surface area contributed by atoms with Crippen molar-refractivity contribution in [3.63, 3.8) is 0 Å². The fourth-order valence-corrected chi connectivity index (χ4v) is 1.43. The van der Waals surface area contributed by atoms with E-state index in [0.29, 0.717) is 26.1 Å². The van der Waals surface area contributed by atoms with Gasteiger partial charge in [-0.05, 0) is 39.5 Å². The zero-order chi connectivity index (χ0) is 13.6. The van der Waals surface area contributed by atoms with E-state index in [4.69, 9.17) is 9.47 Å². The number of rotatable bonds is 10. The number of carbonyl (C=O) groups is 2. The third kappa shape index (κ3) is 11.2. The van der Waals surface area contributed by atoms with Crippen LogP contribution in [-0.4, -0.2) is 25.2 Å². The molecule has 0 bridgehead atoms. The molecular formula is C14H24O4. The summed E-state index contributed by atoms with van der Waals surface area (Å²) in [6.07, 6.45) is 8.41. The lowest BCUT2D eigenvalue weighted by Gasteiger charge is -2.00. The Bertz CT molecular complexity index is 233. The predicted molar refractivity (Wildman–Crippen MR) is 70.1 cm³/mol. The Hall–Kier alpha value is -1.32. The highest BCUT2D eigenvalue weighted by molar-refractivity contribution is 5.69. The van der Waals surface area contributed by atoms with Gasteiger partial charge in [-0.15, -0.1) is 0 Å². The van der Waals surface area contributed by atoms with Crippen molar-refractivity contribution in [2.24, 2.45) is 0 Å². The molecule has 0 rings (SSSR count). The van der Waals surface area contributed by atoms with Crippen LogP contribution < -0.4 is 0 Å². The molecule has 0 N–H and O–H groups in total. The molecule has 4 nitrogen and oxygen atoms in total. The van der Waals surface area contributed by atoms with Gasteiger partial charge in [0.1, 0.15) is 0 Å². The summed E-state index contributed by atoms with van der Waals surface area (Å²) in [4.78, 5) is 22.0. The summed E-state index contributed by atoms with van der Waals surface area (Å²) in [7, 11) is 0. The fraction of sp³-hybridized carbons (Fsp3) is 0.714. The first-order valence-electron chi connectivity index (χ1n) is 6.66. The van der Waals surface area contributed by atoms with E-state index in [9.17, 15) is 9.59 Å². The first kappa shape index (κ1) is 16.7. The van der Waals surface area contributed by atoms with Crippen LogP contribution >= 0.6 is 0 Å². The van der Waals surface area contributed by atoms with E-state index in [1.165, 1.54) is 0 Å². The maximum atomic E-state index is 11.0. The van der Waals surface area contributed by atoms with Crippen LogP contribution in [0.4, 0.5) is 0 Å². The molecule has 0 spiro atoms. The van der Waals surface area contributed by atoms with Gasteiger partial charge in [-0.1, -0.05) is 12.2 Å². The van der Waals surface area contributed by atoms with E-state index in [1.54, 1.807) is 13.8 Å². The van der Waals surface area contributed by atoms with Gasteiger partial charge in [0, 0.05) is 12.8 Å². The van der Waals surface area contributed by atoms with Gasteiger partial charge in [-0.2, -0.15) is 0 Å². The molecule has 18 heavy (non-hydrogen) atoms. The summed E-state index contributed by atoms with van der Waals surface area (Å²) in [5.41, 5.74) is 0. The summed E-state index contributed by atoms with van der Waals surface area (Å²) in [6.45, 7) is 4.51. The summed E-state index contributed by atoms with van der Waals surface area (Å²) in [5.74, 6) is -0.263. The van der Waals surface area contributed by atoms with Gasteiger partial charge in [0.05, 0.1) is 13.2 Å². The minimum absolute atomic E-state index is 0.131. The Morgan fingerprint density at radius 1 is 0.833 bits per heavy atom. The van der Waals surface area contributed by atoms with Gasteiger partial charge in [0.2, 0.25) is 0 Å². The number of hydrogen-bond donors (Lipinski definition) is 0. The second-order valence-corrected chi connectivity index (χ2v) is 3.87. The Kier molecular flexibility index (Phi) is 11.3. The number of ether oxygens (including phenoxy) is 2. The number of hydrogen-bond acceptors (Lipinski definition) is 4. The van der Waals surface area contributed by atoms with Crippen LogP contribution in [0.5, 0.6) is 0 Å². The maximum Gasteiger partial charge on any atom is 0.305 e. The first-order valence-corrected chi connectivity index (χ1v) is 6.66. The average molecular weight is 256 g/mol. The molecule has 0 aromatic carbocycles. The van der Waals surface area contributed by atoms with E-state index >= 15 is 0 Å². The molecule has 0 saturated heterocycles. The predicted octanol–water partition coefficient (Wildman–Crippen LogP) is 3.01. The Morgan fingerprint density at radius 2 is 1.22 bits per heavy atom. The molecule has 0 radical (unpaired) electrons.